The highest BCUT2D eigenvalue weighted by atomic mass is 35.5. The molecular weight excluding hydrogens is 394 g/mol. The van der Waals surface area contributed by atoms with E-state index >= 15 is 0 Å². The molecule has 0 amide bonds. The normalized spacial score (nSPS) is 22.1. The van der Waals surface area contributed by atoms with Gasteiger partial charge in [0.2, 0.25) is 0 Å². The van der Waals surface area contributed by atoms with Gasteiger partial charge in [-0.1, -0.05) is 66.2 Å². The minimum atomic E-state index is 0.296. The molecule has 0 fully saturated rings. The van der Waals surface area contributed by atoms with Gasteiger partial charge >= 0.3 is 0 Å². The average Bonchev–Trinajstić information content (AvgIpc) is 3.23. The van der Waals surface area contributed by atoms with Crippen LogP contribution in [0.2, 0.25) is 5.02 Å². The summed E-state index contributed by atoms with van der Waals surface area (Å²) in [5, 5.41) is 4.68. The van der Waals surface area contributed by atoms with E-state index in [4.69, 9.17) is 11.6 Å². The standard InChI is InChI=1S/C26H24ClNS/c1-17-13-18(16-29-21-9-3-2-4-10-21)14-24-22-11-6-12-23(22)26(28-25(17)24)19-7-5-8-20(27)15-19/h2-11,13-15,22-23,26,28H,12,16H2,1H3/t22-,23+,26-/m1/s1. The van der Waals surface area contributed by atoms with Crippen molar-refractivity contribution in [2.24, 2.45) is 5.92 Å². The van der Waals surface area contributed by atoms with Crippen molar-refractivity contribution in [2.45, 2.75) is 36.0 Å². The Morgan fingerprint density at radius 2 is 1.90 bits per heavy atom. The zero-order valence-corrected chi connectivity index (χ0v) is 18.0. The number of nitrogens with one attached hydrogen (secondary N) is 1. The van der Waals surface area contributed by atoms with Crippen molar-refractivity contribution in [3.63, 3.8) is 0 Å². The van der Waals surface area contributed by atoms with E-state index in [1.807, 2.05) is 17.8 Å². The Morgan fingerprint density at radius 1 is 1.03 bits per heavy atom. The summed E-state index contributed by atoms with van der Waals surface area (Å²) in [4.78, 5) is 1.32. The summed E-state index contributed by atoms with van der Waals surface area (Å²) in [6, 6.07) is 24.0. The van der Waals surface area contributed by atoms with E-state index in [0.717, 1.165) is 17.2 Å². The molecule has 2 aliphatic rings. The van der Waals surface area contributed by atoms with Crippen molar-refractivity contribution in [3.8, 4) is 0 Å². The van der Waals surface area contributed by atoms with Gasteiger partial charge in [-0.2, -0.15) is 0 Å². The third-order valence-electron chi connectivity index (χ3n) is 6.08. The summed E-state index contributed by atoms with van der Waals surface area (Å²) in [5.74, 6) is 2.00. The molecule has 3 heteroatoms. The van der Waals surface area contributed by atoms with Crippen LogP contribution in [0, 0.1) is 12.8 Å². The number of rotatable bonds is 4. The van der Waals surface area contributed by atoms with Gasteiger partial charge in [0.1, 0.15) is 0 Å². The van der Waals surface area contributed by atoms with Crippen LogP contribution in [0.4, 0.5) is 5.69 Å². The monoisotopic (exact) mass is 417 g/mol. The van der Waals surface area contributed by atoms with Gasteiger partial charge in [-0.25, -0.2) is 0 Å². The quantitative estimate of drug-likeness (QED) is 0.343. The number of allylic oxidation sites excluding steroid dienone is 2. The maximum atomic E-state index is 6.30. The Hall–Kier alpha value is -2.16. The molecule has 1 N–H and O–H groups in total. The minimum Gasteiger partial charge on any atom is -0.377 e. The Labute approximate surface area is 182 Å². The highest BCUT2D eigenvalue weighted by molar-refractivity contribution is 7.98. The van der Waals surface area contributed by atoms with Crippen LogP contribution < -0.4 is 5.32 Å². The number of anilines is 1. The highest BCUT2D eigenvalue weighted by Crippen LogP contribution is 2.51. The molecule has 3 atom stereocenters. The van der Waals surface area contributed by atoms with Crippen molar-refractivity contribution >= 4 is 29.1 Å². The molecule has 5 rings (SSSR count). The largest absolute Gasteiger partial charge is 0.377 e. The summed E-state index contributed by atoms with van der Waals surface area (Å²) in [7, 11) is 0. The molecular formula is C26H24ClNS. The van der Waals surface area contributed by atoms with Crippen LogP contribution in [0.5, 0.6) is 0 Å². The number of thioether (sulfide) groups is 1. The molecule has 1 aliphatic carbocycles. The van der Waals surface area contributed by atoms with Crippen LogP contribution in [0.25, 0.3) is 0 Å². The van der Waals surface area contributed by atoms with Crippen LogP contribution in [0.15, 0.2) is 83.8 Å². The van der Waals surface area contributed by atoms with Crippen molar-refractivity contribution < 1.29 is 0 Å². The lowest BCUT2D eigenvalue weighted by Crippen LogP contribution is -2.29. The van der Waals surface area contributed by atoms with Gasteiger partial charge in [-0.3, -0.25) is 0 Å². The Balaban J connectivity index is 1.47. The molecule has 146 valence electrons. The first-order chi connectivity index (χ1) is 14.2. The first-order valence-electron chi connectivity index (χ1n) is 10.2. The van der Waals surface area contributed by atoms with E-state index in [9.17, 15) is 0 Å². The SMILES string of the molecule is Cc1cc(CSc2ccccc2)cc2c1N[C@H](c1cccc(Cl)c1)[C@H]1CC=C[C@@H]21. The summed E-state index contributed by atoms with van der Waals surface area (Å²) >= 11 is 8.20. The van der Waals surface area contributed by atoms with E-state index in [2.05, 4.69) is 85.1 Å². The lowest BCUT2D eigenvalue weighted by molar-refractivity contribution is 0.425. The first-order valence-corrected chi connectivity index (χ1v) is 11.6. The molecule has 29 heavy (non-hydrogen) atoms. The molecule has 1 nitrogen and oxygen atoms in total. The van der Waals surface area contributed by atoms with Gasteiger partial charge in [0.25, 0.3) is 0 Å². The predicted molar refractivity (Wildman–Crippen MR) is 125 cm³/mol. The van der Waals surface area contributed by atoms with Crippen molar-refractivity contribution in [2.75, 3.05) is 5.32 Å². The predicted octanol–water partition coefficient (Wildman–Crippen LogP) is 7.77. The topological polar surface area (TPSA) is 12.0 Å². The fourth-order valence-electron chi connectivity index (χ4n) is 4.76. The number of hydrogen-bond donors (Lipinski definition) is 1. The summed E-state index contributed by atoms with van der Waals surface area (Å²) in [6.45, 7) is 2.23. The lowest BCUT2D eigenvalue weighted by Gasteiger charge is -2.38. The van der Waals surface area contributed by atoms with Crippen LogP contribution in [0.3, 0.4) is 0 Å². The fraction of sp³-hybridized carbons (Fsp3) is 0.231. The van der Waals surface area contributed by atoms with Crippen LogP contribution >= 0.6 is 23.4 Å². The number of hydrogen-bond acceptors (Lipinski definition) is 2. The molecule has 1 heterocycles. The van der Waals surface area contributed by atoms with Crippen LogP contribution in [0.1, 0.15) is 40.6 Å². The Kier molecular flexibility index (Phi) is 5.15. The van der Waals surface area contributed by atoms with E-state index in [1.54, 1.807) is 0 Å². The van der Waals surface area contributed by atoms with Crippen molar-refractivity contribution in [1.82, 2.24) is 0 Å². The maximum Gasteiger partial charge on any atom is 0.0554 e. The second-order valence-corrected chi connectivity index (χ2v) is 9.49. The smallest absolute Gasteiger partial charge is 0.0554 e. The molecule has 0 radical (unpaired) electrons. The van der Waals surface area contributed by atoms with E-state index < -0.39 is 0 Å². The van der Waals surface area contributed by atoms with Gasteiger partial charge in [0, 0.05) is 27.3 Å². The van der Waals surface area contributed by atoms with Crippen LogP contribution in [-0.2, 0) is 5.75 Å². The average molecular weight is 418 g/mol. The summed E-state index contributed by atoms with van der Waals surface area (Å²) in [5.41, 5.74) is 6.76. The highest BCUT2D eigenvalue weighted by Gasteiger charge is 2.38. The number of halogens is 1. The maximum absolute atomic E-state index is 6.30. The Morgan fingerprint density at radius 3 is 2.72 bits per heavy atom. The summed E-state index contributed by atoms with van der Waals surface area (Å²) in [6.07, 6.45) is 5.87. The van der Waals surface area contributed by atoms with Crippen molar-refractivity contribution in [3.05, 3.63) is 106 Å². The van der Waals surface area contributed by atoms with Crippen molar-refractivity contribution in [1.29, 1.82) is 0 Å². The van der Waals surface area contributed by atoms with E-state index in [0.29, 0.717) is 17.9 Å². The molecule has 0 unspecified atom stereocenters. The third-order valence-corrected chi connectivity index (χ3v) is 7.40. The number of benzene rings is 3. The third kappa shape index (κ3) is 3.72. The first kappa shape index (κ1) is 18.8. The molecule has 0 aromatic heterocycles. The minimum absolute atomic E-state index is 0.296. The zero-order valence-electron chi connectivity index (χ0n) is 16.4. The summed E-state index contributed by atoms with van der Waals surface area (Å²) < 4.78 is 0. The fourth-order valence-corrected chi connectivity index (χ4v) is 5.81. The molecule has 0 spiro atoms. The van der Waals surface area contributed by atoms with Gasteiger partial charge in [0.15, 0.2) is 0 Å². The second kappa shape index (κ2) is 7.93. The van der Waals surface area contributed by atoms with Crippen LogP contribution in [-0.4, -0.2) is 0 Å². The van der Waals surface area contributed by atoms with Gasteiger partial charge < -0.3 is 5.32 Å². The lowest BCUT2D eigenvalue weighted by atomic mass is 9.76. The molecule has 3 aromatic rings. The van der Waals surface area contributed by atoms with Gasteiger partial charge in [-0.05, 0) is 65.8 Å². The molecule has 0 saturated heterocycles. The molecule has 0 bridgehead atoms. The van der Waals surface area contributed by atoms with E-state index in [-0.39, 0.29) is 0 Å². The molecule has 0 saturated carbocycles. The number of fused-ring (bicyclic) bond motifs is 3. The second-order valence-electron chi connectivity index (χ2n) is 8.01. The van der Waals surface area contributed by atoms with E-state index in [1.165, 1.54) is 32.8 Å². The van der Waals surface area contributed by atoms with Gasteiger partial charge in [0.05, 0.1) is 6.04 Å². The number of aryl methyl sites for hydroxylation is 1. The molecule has 3 aromatic carbocycles. The van der Waals surface area contributed by atoms with Gasteiger partial charge in [-0.15, -0.1) is 11.8 Å². The Bertz CT molecular complexity index is 1060. The zero-order chi connectivity index (χ0) is 19.8. The molecule has 1 aliphatic heterocycles.